The Kier molecular flexibility index (Phi) is 5.86. The summed E-state index contributed by atoms with van der Waals surface area (Å²) in [5.41, 5.74) is 4.14. The molecule has 0 radical (unpaired) electrons. The summed E-state index contributed by atoms with van der Waals surface area (Å²) < 4.78 is 0. The van der Waals surface area contributed by atoms with Gasteiger partial charge in [-0.05, 0) is 30.2 Å². The standard InChI is InChI=1S/C24H26N4O/c1-18-6-5-7-19(14-18)15-27-24(29)21-10-11-23(26-16-21)28-13-12-25-22(17-28)20-8-3-2-4-9-20/h2-11,14,16,22,25H,12-13,15,17H2,1H3,(H,27,29)/t22-/m1/s1. The monoisotopic (exact) mass is 386 g/mol. The van der Waals surface area contributed by atoms with Crippen LogP contribution in [0.1, 0.15) is 33.1 Å². The van der Waals surface area contributed by atoms with Crippen LogP contribution < -0.4 is 15.5 Å². The summed E-state index contributed by atoms with van der Waals surface area (Å²) in [5, 5.41) is 6.53. The molecule has 0 aliphatic carbocycles. The summed E-state index contributed by atoms with van der Waals surface area (Å²) >= 11 is 0. The summed E-state index contributed by atoms with van der Waals surface area (Å²) in [6.07, 6.45) is 1.67. The van der Waals surface area contributed by atoms with Gasteiger partial charge in [-0.25, -0.2) is 4.98 Å². The van der Waals surface area contributed by atoms with Crippen molar-refractivity contribution in [3.8, 4) is 0 Å². The van der Waals surface area contributed by atoms with Crippen molar-refractivity contribution in [3.63, 3.8) is 0 Å². The summed E-state index contributed by atoms with van der Waals surface area (Å²) in [5.74, 6) is 0.802. The van der Waals surface area contributed by atoms with Gasteiger partial charge in [-0.3, -0.25) is 4.79 Å². The zero-order valence-electron chi connectivity index (χ0n) is 16.6. The Morgan fingerprint density at radius 2 is 2.00 bits per heavy atom. The van der Waals surface area contributed by atoms with Crippen LogP contribution in [0, 0.1) is 6.92 Å². The predicted molar refractivity (Wildman–Crippen MR) is 116 cm³/mol. The number of hydrogen-bond donors (Lipinski definition) is 2. The van der Waals surface area contributed by atoms with Gasteiger partial charge in [-0.2, -0.15) is 0 Å². The number of anilines is 1. The highest BCUT2D eigenvalue weighted by Gasteiger charge is 2.21. The molecule has 1 amide bonds. The maximum Gasteiger partial charge on any atom is 0.253 e. The smallest absolute Gasteiger partial charge is 0.253 e. The SMILES string of the molecule is Cc1cccc(CNC(=O)c2ccc(N3CCN[C@@H](c4ccccc4)C3)nc2)c1. The number of aryl methyl sites for hydroxylation is 1. The number of carbonyl (C=O) groups excluding carboxylic acids is 1. The summed E-state index contributed by atoms with van der Waals surface area (Å²) in [6, 6.07) is 22.7. The Morgan fingerprint density at radius 3 is 2.76 bits per heavy atom. The topological polar surface area (TPSA) is 57.3 Å². The minimum Gasteiger partial charge on any atom is -0.353 e. The quantitative estimate of drug-likeness (QED) is 0.705. The van der Waals surface area contributed by atoms with Crippen molar-refractivity contribution in [2.75, 3.05) is 24.5 Å². The normalized spacial score (nSPS) is 16.4. The molecule has 0 saturated carbocycles. The van der Waals surface area contributed by atoms with Crippen LogP contribution in [0.4, 0.5) is 5.82 Å². The van der Waals surface area contributed by atoms with Gasteiger partial charge in [0.1, 0.15) is 5.82 Å². The first kappa shape index (κ1) is 19.2. The molecule has 2 heterocycles. The number of rotatable bonds is 5. The Bertz CT molecular complexity index is 956. The molecule has 29 heavy (non-hydrogen) atoms. The van der Waals surface area contributed by atoms with E-state index in [4.69, 9.17) is 0 Å². The molecule has 0 bridgehead atoms. The van der Waals surface area contributed by atoms with Gasteiger partial charge in [-0.15, -0.1) is 0 Å². The van der Waals surface area contributed by atoms with Crippen molar-refractivity contribution in [2.45, 2.75) is 19.5 Å². The summed E-state index contributed by atoms with van der Waals surface area (Å²) in [7, 11) is 0. The molecule has 2 aromatic carbocycles. The van der Waals surface area contributed by atoms with Gasteiger partial charge in [0, 0.05) is 38.4 Å². The van der Waals surface area contributed by atoms with Crippen molar-refractivity contribution >= 4 is 11.7 Å². The molecule has 2 N–H and O–H groups in total. The molecule has 1 aliphatic heterocycles. The molecule has 0 unspecified atom stereocenters. The number of piperazine rings is 1. The number of benzene rings is 2. The first-order valence-corrected chi connectivity index (χ1v) is 10.0. The second-order valence-corrected chi connectivity index (χ2v) is 7.44. The first-order chi connectivity index (χ1) is 14.2. The Morgan fingerprint density at radius 1 is 1.14 bits per heavy atom. The maximum atomic E-state index is 12.5. The van der Waals surface area contributed by atoms with Crippen molar-refractivity contribution < 1.29 is 4.79 Å². The van der Waals surface area contributed by atoms with E-state index in [1.54, 1.807) is 6.20 Å². The molecular weight excluding hydrogens is 360 g/mol. The molecule has 4 rings (SSSR count). The molecule has 1 aromatic heterocycles. The van der Waals surface area contributed by atoms with Gasteiger partial charge in [0.25, 0.3) is 5.91 Å². The number of nitrogens with zero attached hydrogens (tertiary/aromatic N) is 2. The summed E-state index contributed by atoms with van der Waals surface area (Å²) in [6.45, 7) is 5.22. The van der Waals surface area contributed by atoms with Crippen LogP contribution in [0.15, 0.2) is 72.9 Å². The van der Waals surface area contributed by atoms with Crippen LogP contribution in [0.2, 0.25) is 0 Å². The van der Waals surface area contributed by atoms with E-state index in [0.717, 1.165) is 31.0 Å². The van der Waals surface area contributed by atoms with Crippen molar-refractivity contribution in [3.05, 3.63) is 95.2 Å². The molecule has 5 heteroatoms. The lowest BCUT2D eigenvalue weighted by Gasteiger charge is -2.34. The van der Waals surface area contributed by atoms with Gasteiger partial charge in [0.2, 0.25) is 0 Å². The van der Waals surface area contributed by atoms with E-state index in [2.05, 4.69) is 50.8 Å². The fraction of sp³-hybridized carbons (Fsp3) is 0.250. The molecule has 5 nitrogen and oxygen atoms in total. The van der Waals surface area contributed by atoms with E-state index in [0.29, 0.717) is 12.1 Å². The summed E-state index contributed by atoms with van der Waals surface area (Å²) in [4.78, 5) is 19.3. The van der Waals surface area contributed by atoms with Crippen molar-refractivity contribution in [2.24, 2.45) is 0 Å². The van der Waals surface area contributed by atoms with Crippen LogP contribution >= 0.6 is 0 Å². The van der Waals surface area contributed by atoms with Gasteiger partial charge >= 0.3 is 0 Å². The lowest BCUT2D eigenvalue weighted by atomic mass is 10.0. The largest absolute Gasteiger partial charge is 0.353 e. The second kappa shape index (κ2) is 8.88. The Labute approximate surface area is 171 Å². The van der Waals surface area contributed by atoms with Crippen LogP contribution in [0.25, 0.3) is 0 Å². The molecule has 1 atom stereocenters. The fourth-order valence-electron chi connectivity index (χ4n) is 3.68. The van der Waals surface area contributed by atoms with Crippen LogP contribution in [0.5, 0.6) is 0 Å². The van der Waals surface area contributed by atoms with E-state index in [-0.39, 0.29) is 11.9 Å². The van der Waals surface area contributed by atoms with Crippen molar-refractivity contribution in [1.29, 1.82) is 0 Å². The lowest BCUT2D eigenvalue weighted by molar-refractivity contribution is 0.0950. The Balaban J connectivity index is 1.37. The zero-order chi connectivity index (χ0) is 20.1. The van der Waals surface area contributed by atoms with Gasteiger partial charge in [-0.1, -0.05) is 60.2 Å². The minimum absolute atomic E-state index is 0.104. The number of hydrogen-bond acceptors (Lipinski definition) is 4. The lowest BCUT2D eigenvalue weighted by Crippen LogP contribution is -2.46. The van der Waals surface area contributed by atoms with E-state index in [9.17, 15) is 4.79 Å². The van der Waals surface area contributed by atoms with E-state index >= 15 is 0 Å². The highest BCUT2D eigenvalue weighted by molar-refractivity contribution is 5.94. The number of pyridine rings is 1. The molecular formula is C24H26N4O. The van der Waals surface area contributed by atoms with E-state index in [1.807, 2.05) is 43.3 Å². The van der Waals surface area contributed by atoms with Gasteiger partial charge in [0.05, 0.1) is 5.56 Å². The molecule has 3 aromatic rings. The molecule has 148 valence electrons. The third kappa shape index (κ3) is 4.81. The zero-order valence-corrected chi connectivity index (χ0v) is 16.6. The average Bonchev–Trinajstić information content (AvgIpc) is 2.78. The van der Waals surface area contributed by atoms with E-state index in [1.165, 1.54) is 11.1 Å². The number of carbonyl (C=O) groups is 1. The fourth-order valence-corrected chi connectivity index (χ4v) is 3.68. The number of nitrogens with one attached hydrogen (secondary N) is 2. The van der Waals surface area contributed by atoms with E-state index < -0.39 is 0 Å². The second-order valence-electron chi connectivity index (χ2n) is 7.44. The average molecular weight is 386 g/mol. The van der Waals surface area contributed by atoms with Gasteiger partial charge < -0.3 is 15.5 Å². The van der Waals surface area contributed by atoms with Gasteiger partial charge in [0.15, 0.2) is 0 Å². The molecule has 0 spiro atoms. The van der Waals surface area contributed by atoms with Crippen molar-refractivity contribution in [1.82, 2.24) is 15.6 Å². The highest BCUT2D eigenvalue weighted by atomic mass is 16.1. The minimum atomic E-state index is -0.104. The molecule has 1 aliphatic rings. The van der Waals surface area contributed by atoms with Crippen LogP contribution in [-0.2, 0) is 6.54 Å². The predicted octanol–water partition coefficient (Wildman–Crippen LogP) is 3.47. The van der Waals surface area contributed by atoms with Crippen LogP contribution in [0.3, 0.4) is 0 Å². The Hall–Kier alpha value is -3.18. The highest BCUT2D eigenvalue weighted by Crippen LogP contribution is 2.21. The molecule has 1 saturated heterocycles. The first-order valence-electron chi connectivity index (χ1n) is 10.0. The maximum absolute atomic E-state index is 12.5. The number of amides is 1. The third-order valence-electron chi connectivity index (χ3n) is 5.25. The van der Waals surface area contributed by atoms with Crippen LogP contribution in [-0.4, -0.2) is 30.5 Å². The third-order valence-corrected chi connectivity index (χ3v) is 5.25. The molecule has 1 fully saturated rings. The number of aromatic nitrogens is 1.